The van der Waals surface area contributed by atoms with E-state index < -0.39 is 0 Å². The summed E-state index contributed by atoms with van der Waals surface area (Å²) in [7, 11) is 0. The first-order valence-corrected chi connectivity index (χ1v) is 11.1. The largest absolute Gasteiger partial charge is 0.508 e. The normalized spacial score (nSPS) is 32.2. The van der Waals surface area contributed by atoms with E-state index in [2.05, 4.69) is 18.1 Å². The topological polar surface area (TPSA) is 45.0 Å². The number of benzene rings is 2. The fourth-order valence-electron chi connectivity index (χ4n) is 6.26. The van der Waals surface area contributed by atoms with Gasteiger partial charge in [0, 0.05) is 21.7 Å². The van der Waals surface area contributed by atoms with Gasteiger partial charge in [0.05, 0.1) is 6.21 Å². The van der Waals surface area contributed by atoms with Gasteiger partial charge in [-0.3, -0.25) is 0 Å². The molecule has 0 amide bonds. The molecule has 0 unspecified atom stereocenters. The summed E-state index contributed by atoms with van der Waals surface area (Å²) < 4.78 is 0. The highest BCUT2D eigenvalue weighted by molar-refractivity contribution is 6.33. The lowest BCUT2D eigenvalue weighted by Gasteiger charge is -2.49. The first-order chi connectivity index (χ1) is 14.1. The monoisotopic (exact) mass is 406 g/mol. The molecule has 29 heavy (non-hydrogen) atoms. The van der Waals surface area contributed by atoms with Crippen molar-refractivity contribution in [1.29, 1.82) is 0 Å². The van der Waals surface area contributed by atoms with Gasteiger partial charge in [-0.1, -0.05) is 42.8 Å². The standard InChI is InChI=1S/C25H27ClN2O/c1-25-13-12-20-19-9-7-18(29)14-16(19)6-8-21(20)22(25)10-11-24(25)28-27-15-17-4-2-3-5-23(17)26/h2-5,7,9,14-15,20-22,29H,6,8,10-13H2,1H3/b27-15-,28-24-/t20-,21-,22-,25+/m1/s1. The van der Waals surface area contributed by atoms with E-state index in [0.29, 0.717) is 28.5 Å². The van der Waals surface area contributed by atoms with Crippen molar-refractivity contribution in [2.75, 3.05) is 0 Å². The molecule has 0 spiro atoms. The average molecular weight is 407 g/mol. The van der Waals surface area contributed by atoms with Crippen LogP contribution in [0.5, 0.6) is 5.75 Å². The molecule has 4 heteroatoms. The van der Waals surface area contributed by atoms with Gasteiger partial charge in [0.15, 0.2) is 0 Å². The van der Waals surface area contributed by atoms with Crippen LogP contribution in [0.25, 0.3) is 0 Å². The van der Waals surface area contributed by atoms with Crippen molar-refractivity contribution in [3.05, 3.63) is 64.2 Å². The van der Waals surface area contributed by atoms with Crippen molar-refractivity contribution in [1.82, 2.24) is 0 Å². The third-order valence-corrected chi connectivity index (χ3v) is 8.08. The molecular weight excluding hydrogens is 380 g/mol. The second kappa shape index (κ2) is 7.28. The van der Waals surface area contributed by atoms with Gasteiger partial charge in [-0.2, -0.15) is 10.2 Å². The summed E-state index contributed by atoms with van der Waals surface area (Å²) in [6, 6.07) is 13.7. The van der Waals surface area contributed by atoms with Crippen LogP contribution < -0.4 is 0 Å². The van der Waals surface area contributed by atoms with E-state index >= 15 is 0 Å². The first kappa shape index (κ1) is 18.9. The highest BCUT2D eigenvalue weighted by atomic mass is 35.5. The Labute approximate surface area is 177 Å². The van der Waals surface area contributed by atoms with Crippen molar-refractivity contribution in [3.8, 4) is 5.75 Å². The van der Waals surface area contributed by atoms with Gasteiger partial charge in [-0.25, -0.2) is 0 Å². The zero-order chi connectivity index (χ0) is 20.0. The Balaban J connectivity index is 1.39. The van der Waals surface area contributed by atoms with Crippen LogP contribution in [0, 0.1) is 17.3 Å². The molecule has 0 radical (unpaired) electrons. The lowest BCUT2D eigenvalue weighted by Crippen LogP contribution is -2.42. The molecule has 0 bridgehead atoms. The number of rotatable bonds is 2. The van der Waals surface area contributed by atoms with Crippen LogP contribution >= 0.6 is 11.6 Å². The maximum absolute atomic E-state index is 9.85. The predicted molar refractivity (Wildman–Crippen MR) is 119 cm³/mol. The smallest absolute Gasteiger partial charge is 0.115 e. The molecule has 0 aromatic heterocycles. The Kier molecular flexibility index (Phi) is 4.74. The maximum Gasteiger partial charge on any atom is 0.115 e. The summed E-state index contributed by atoms with van der Waals surface area (Å²) in [5, 5.41) is 19.7. The molecule has 3 nitrogen and oxygen atoms in total. The number of aryl methyl sites for hydroxylation is 1. The summed E-state index contributed by atoms with van der Waals surface area (Å²) in [6.07, 6.45) is 8.70. The van der Waals surface area contributed by atoms with Gasteiger partial charge < -0.3 is 5.11 Å². The zero-order valence-electron chi connectivity index (χ0n) is 16.8. The van der Waals surface area contributed by atoms with Crippen LogP contribution in [0.2, 0.25) is 5.02 Å². The van der Waals surface area contributed by atoms with Gasteiger partial charge in [0.2, 0.25) is 0 Å². The molecule has 150 valence electrons. The number of aromatic hydroxyl groups is 1. The molecule has 3 aliphatic rings. The van der Waals surface area contributed by atoms with Gasteiger partial charge in [0.1, 0.15) is 5.75 Å². The molecule has 3 aliphatic carbocycles. The summed E-state index contributed by atoms with van der Waals surface area (Å²) in [5.74, 6) is 2.42. The number of hydrogen-bond acceptors (Lipinski definition) is 3. The summed E-state index contributed by atoms with van der Waals surface area (Å²) in [5.41, 5.74) is 5.16. The zero-order valence-corrected chi connectivity index (χ0v) is 17.6. The van der Waals surface area contributed by atoms with Crippen LogP contribution in [0.15, 0.2) is 52.7 Å². The van der Waals surface area contributed by atoms with Gasteiger partial charge in [0.25, 0.3) is 0 Å². The minimum atomic E-state index is 0.160. The minimum Gasteiger partial charge on any atom is -0.508 e. The lowest BCUT2D eigenvalue weighted by molar-refractivity contribution is 0.0955. The Morgan fingerprint density at radius 3 is 2.83 bits per heavy atom. The minimum absolute atomic E-state index is 0.160. The highest BCUT2D eigenvalue weighted by Crippen LogP contribution is 2.60. The van der Waals surface area contributed by atoms with E-state index in [9.17, 15) is 5.11 Å². The Morgan fingerprint density at radius 2 is 1.97 bits per heavy atom. The quantitative estimate of drug-likeness (QED) is 0.456. The summed E-state index contributed by atoms with van der Waals surface area (Å²) in [4.78, 5) is 0. The molecule has 0 saturated heterocycles. The van der Waals surface area contributed by atoms with E-state index in [4.69, 9.17) is 16.7 Å². The second-order valence-electron chi connectivity index (χ2n) is 9.11. The van der Waals surface area contributed by atoms with E-state index in [0.717, 1.165) is 18.4 Å². The van der Waals surface area contributed by atoms with E-state index in [1.54, 1.807) is 6.21 Å². The van der Waals surface area contributed by atoms with Crippen molar-refractivity contribution in [3.63, 3.8) is 0 Å². The fraction of sp³-hybridized carbons (Fsp3) is 0.440. The van der Waals surface area contributed by atoms with Crippen LogP contribution in [0.1, 0.15) is 61.6 Å². The van der Waals surface area contributed by atoms with Crippen molar-refractivity contribution < 1.29 is 5.11 Å². The van der Waals surface area contributed by atoms with Crippen LogP contribution in [-0.4, -0.2) is 17.0 Å². The number of hydrogen-bond donors (Lipinski definition) is 1. The molecule has 2 saturated carbocycles. The van der Waals surface area contributed by atoms with Gasteiger partial charge in [-0.15, -0.1) is 0 Å². The SMILES string of the molecule is C[C@]12CC[C@@H]3c4ccc(O)cc4CC[C@H]3[C@H]1CC/C2=N/N=C\c1ccccc1Cl. The number of fused-ring (bicyclic) bond motifs is 5. The number of nitrogens with zero attached hydrogens (tertiary/aromatic N) is 2. The van der Waals surface area contributed by atoms with Crippen molar-refractivity contribution in [2.45, 2.75) is 51.4 Å². The number of halogens is 1. The van der Waals surface area contributed by atoms with Crippen LogP contribution in [0.3, 0.4) is 0 Å². The molecule has 2 aromatic rings. The van der Waals surface area contributed by atoms with E-state index in [-0.39, 0.29) is 5.41 Å². The van der Waals surface area contributed by atoms with Crippen LogP contribution in [0.4, 0.5) is 0 Å². The Hall–Kier alpha value is -2.13. The summed E-state index contributed by atoms with van der Waals surface area (Å²) in [6.45, 7) is 2.41. The number of phenols is 1. The molecule has 5 rings (SSSR count). The molecule has 4 atom stereocenters. The predicted octanol–water partition coefficient (Wildman–Crippen LogP) is 6.38. The Bertz CT molecular complexity index is 998. The van der Waals surface area contributed by atoms with E-state index in [1.165, 1.54) is 42.5 Å². The number of phenolic OH excluding ortho intramolecular Hbond substituents is 1. The lowest BCUT2D eigenvalue weighted by atomic mass is 9.55. The fourth-order valence-corrected chi connectivity index (χ4v) is 6.45. The highest BCUT2D eigenvalue weighted by Gasteiger charge is 2.53. The van der Waals surface area contributed by atoms with Gasteiger partial charge >= 0.3 is 0 Å². The van der Waals surface area contributed by atoms with E-state index in [1.807, 2.05) is 36.4 Å². The van der Waals surface area contributed by atoms with Crippen molar-refractivity contribution >= 4 is 23.5 Å². The molecule has 1 N–H and O–H groups in total. The van der Waals surface area contributed by atoms with Gasteiger partial charge in [-0.05, 0) is 85.6 Å². The molecule has 2 fully saturated rings. The summed E-state index contributed by atoms with van der Waals surface area (Å²) >= 11 is 6.23. The first-order valence-electron chi connectivity index (χ1n) is 10.7. The molecule has 0 heterocycles. The van der Waals surface area contributed by atoms with Crippen molar-refractivity contribution in [2.24, 2.45) is 27.5 Å². The maximum atomic E-state index is 9.85. The molecular formula is C25H27ClN2O. The molecule has 0 aliphatic heterocycles. The average Bonchev–Trinajstić information content (AvgIpc) is 3.05. The third kappa shape index (κ3) is 3.20. The molecule has 2 aromatic carbocycles. The third-order valence-electron chi connectivity index (χ3n) is 7.73. The second-order valence-corrected chi connectivity index (χ2v) is 9.51. The van der Waals surface area contributed by atoms with Crippen LogP contribution in [-0.2, 0) is 6.42 Å². The Morgan fingerprint density at radius 1 is 1.10 bits per heavy atom.